The lowest BCUT2D eigenvalue weighted by atomic mass is 10.1. The quantitative estimate of drug-likeness (QED) is 0.441. The number of nitrogens with zero attached hydrogens (tertiary/aromatic N) is 3. The number of fused-ring (bicyclic) bond motifs is 1. The van der Waals surface area contributed by atoms with Crippen molar-refractivity contribution in [2.24, 2.45) is 0 Å². The van der Waals surface area contributed by atoms with Crippen LogP contribution in [0.25, 0.3) is 22.2 Å². The summed E-state index contributed by atoms with van der Waals surface area (Å²) in [7, 11) is -3.75. The molecule has 150 valence electrons. The number of hydrogen-bond donors (Lipinski definition) is 4. The molecule has 0 bridgehead atoms. The molecular weight excluding hydrogens is 407 g/mol. The maximum absolute atomic E-state index is 11.4. The average molecular weight is 426 g/mol. The van der Waals surface area contributed by atoms with E-state index in [2.05, 4.69) is 9.97 Å². The van der Waals surface area contributed by atoms with Crippen molar-refractivity contribution in [3.8, 4) is 11.1 Å². The Bertz CT molecular complexity index is 1040. The van der Waals surface area contributed by atoms with E-state index in [-0.39, 0.29) is 12.4 Å². The summed E-state index contributed by atoms with van der Waals surface area (Å²) in [6, 6.07) is 1.92. The van der Waals surface area contributed by atoms with Gasteiger partial charge in [0.25, 0.3) is 0 Å². The Morgan fingerprint density at radius 2 is 2.18 bits per heavy atom. The lowest BCUT2D eigenvalue weighted by Crippen LogP contribution is -2.33. The fourth-order valence-electron chi connectivity index (χ4n) is 3.25. The predicted octanol–water partition coefficient (Wildman–Crippen LogP) is 1.19. The maximum Gasteiger partial charge on any atom is 0.325 e. The van der Waals surface area contributed by atoms with E-state index in [4.69, 9.17) is 15.0 Å². The minimum atomic E-state index is -3.75. The topological polar surface area (TPSA) is 153 Å². The zero-order valence-electron chi connectivity index (χ0n) is 14.7. The van der Waals surface area contributed by atoms with Crippen LogP contribution in [0.15, 0.2) is 29.4 Å². The molecule has 4 heterocycles. The first-order valence-electron chi connectivity index (χ1n) is 8.36. The first-order chi connectivity index (χ1) is 13.3. The van der Waals surface area contributed by atoms with Crippen LogP contribution >= 0.6 is 18.9 Å². The summed E-state index contributed by atoms with van der Waals surface area (Å²) in [6.07, 6.45) is -1.53. The Balaban J connectivity index is 1.73. The molecule has 0 aromatic carbocycles. The molecule has 0 radical (unpaired) electrons. The summed E-state index contributed by atoms with van der Waals surface area (Å²) in [5.41, 5.74) is 8.19. The van der Waals surface area contributed by atoms with E-state index in [9.17, 15) is 19.7 Å². The van der Waals surface area contributed by atoms with Gasteiger partial charge in [0.05, 0.1) is 12.0 Å². The van der Waals surface area contributed by atoms with Crippen molar-refractivity contribution in [1.29, 1.82) is 0 Å². The van der Waals surface area contributed by atoms with Crippen molar-refractivity contribution in [2.75, 3.05) is 19.0 Å². The van der Waals surface area contributed by atoms with Crippen LogP contribution in [0, 0.1) is 0 Å². The van der Waals surface area contributed by atoms with Crippen LogP contribution in [0.3, 0.4) is 0 Å². The zero-order valence-corrected chi connectivity index (χ0v) is 16.5. The molecule has 3 aromatic heterocycles. The van der Waals surface area contributed by atoms with Gasteiger partial charge in [-0.15, -0.1) is 0 Å². The van der Waals surface area contributed by atoms with Gasteiger partial charge < -0.3 is 34.7 Å². The van der Waals surface area contributed by atoms with Crippen LogP contribution in [-0.2, 0) is 13.8 Å². The normalized spacial score (nSPS) is 27.3. The lowest BCUT2D eigenvalue weighted by Gasteiger charge is -2.17. The summed E-state index contributed by atoms with van der Waals surface area (Å²) in [6.45, 7) is 0.696. The molecule has 0 saturated carbocycles. The van der Waals surface area contributed by atoms with Crippen molar-refractivity contribution in [2.45, 2.75) is 24.5 Å². The van der Waals surface area contributed by atoms with Gasteiger partial charge in [-0.05, 0) is 22.4 Å². The van der Waals surface area contributed by atoms with Crippen molar-refractivity contribution in [1.82, 2.24) is 14.5 Å². The SMILES string of the molecule is CP(=O)(O)OCC1OC(n2cc(-c3ccsc3)c3c(N)ncnc32)C(O)C1O. The number of ether oxygens (including phenoxy) is 1. The highest BCUT2D eigenvalue weighted by atomic mass is 32.1. The van der Waals surface area contributed by atoms with Crippen LogP contribution in [-0.4, -0.2) is 61.2 Å². The smallest absolute Gasteiger partial charge is 0.325 e. The third-order valence-electron chi connectivity index (χ3n) is 4.56. The molecule has 5 N–H and O–H groups in total. The van der Waals surface area contributed by atoms with Gasteiger partial charge in [-0.2, -0.15) is 11.3 Å². The molecule has 1 saturated heterocycles. The highest BCUT2D eigenvalue weighted by Crippen LogP contribution is 2.41. The van der Waals surface area contributed by atoms with Gasteiger partial charge in [-0.1, -0.05) is 0 Å². The van der Waals surface area contributed by atoms with Crippen LogP contribution in [0.5, 0.6) is 0 Å². The fourth-order valence-corrected chi connectivity index (χ4v) is 4.33. The second-order valence-electron chi connectivity index (χ2n) is 6.56. The van der Waals surface area contributed by atoms with Crippen LogP contribution in [0.1, 0.15) is 6.23 Å². The Labute approximate surface area is 163 Å². The Kier molecular flexibility index (Phi) is 5.00. The van der Waals surface area contributed by atoms with Gasteiger partial charge in [-0.25, -0.2) is 9.97 Å². The molecule has 3 aromatic rings. The molecule has 28 heavy (non-hydrogen) atoms. The number of nitrogen functional groups attached to an aromatic ring is 1. The number of rotatable bonds is 5. The van der Waals surface area contributed by atoms with E-state index in [1.807, 2.05) is 16.8 Å². The third kappa shape index (κ3) is 3.46. The molecular formula is C16H19N4O6PS. The first kappa shape index (κ1) is 19.5. The van der Waals surface area contributed by atoms with E-state index >= 15 is 0 Å². The number of aromatic nitrogens is 3. The standard InChI is InChI=1S/C16H19N4O6PS/c1-27(23,24)25-5-10-12(21)13(22)16(26-10)20-4-9(8-2-3-28-6-8)11-14(17)18-7-19-15(11)20/h2-4,6-7,10,12-13,16,21-22H,5H2,1H3,(H,23,24)(H2,17,18,19). The summed E-state index contributed by atoms with van der Waals surface area (Å²) in [5.74, 6) is 0.282. The number of aliphatic hydroxyl groups excluding tert-OH is 2. The molecule has 5 atom stereocenters. The van der Waals surface area contributed by atoms with Gasteiger partial charge in [-0.3, -0.25) is 4.57 Å². The van der Waals surface area contributed by atoms with Crippen LogP contribution in [0.2, 0.25) is 0 Å². The molecule has 10 nitrogen and oxygen atoms in total. The molecule has 12 heteroatoms. The second kappa shape index (κ2) is 7.20. The van der Waals surface area contributed by atoms with Crippen molar-refractivity contribution in [3.63, 3.8) is 0 Å². The zero-order chi connectivity index (χ0) is 20.1. The third-order valence-corrected chi connectivity index (χ3v) is 5.87. The van der Waals surface area contributed by atoms with Gasteiger partial charge in [0.2, 0.25) is 0 Å². The molecule has 0 amide bonds. The highest BCUT2D eigenvalue weighted by molar-refractivity contribution is 7.51. The molecule has 5 unspecified atom stereocenters. The fraction of sp³-hybridized carbons (Fsp3) is 0.375. The highest BCUT2D eigenvalue weighted by Gasteiger charge is 2.45. The molecule has 1 aliphatic rings. The minimum absolute atomic E-state index is 0.282. The lowest BCUT2D eigenvalue weighted by molar-refractivity contribution is -0.0480. The maximum atomic E-state index is 11.4. The number of anilines is 1. The number of aliphatic hydroxyl groups is 2. The molecule has 4 rings (SSSR count). The Hall–Kier alpha value is -1.85. The number of thiophene rings is 1. The summed E-state index contributed by atoms with van der Waals surface area (Å²) < 4.78 is 23.5. The first-order valence-corrected chi connectivity index (χ1v) is 11.3. The van der Waals surface area contributed by atoms with Gasteiger partial charge >= 0.3 is 7.60 Å². The molecule has 0 spiro atoms. The largest absolute Gasteiger partial charge is 0.387 e. The predicted molar refractivity (Wildman–Crippen MR) is 103 cm³/mol. The van der Waals surface area contributed by atoms with Gasteiger partial charge in [0, 0.05) is 18.4 Å². The van der Waals surface area contributed by atoms with E-state index in [0.717, 1.165) is 17.8 Å². The van der Waals surface area contributed by atoms with Crippen molar-refractivity contribution in [3.05, 3.63) is 29.4 Å². The van der Waals surface area contributed by atoms with Crippen LogP contribution in [0.4, 0.5) is 5.82 Å². The van der Waals surface area contributed by atoms with E-state index < -0.39 is 32.1 Å². The van der Waals surface area contributed by atoms with E-state index in [0.29, 0.717) is 11.0 Å². The molecule has 0 aliphatic carbocycles. The van der Waals surface area contributed by atoms with Crippen molar-refractivity contribution < 1.29 is 28.9 Å². The van der Waals surface area contributed by atoms with E-state index in [1.165, 1.54) is 17.7 Å². The van der Waals surface area contributed by atoms with Crippen LogP contribution < -0.4 is 5.73 Å². The number of nitrogens with two attached hydrogens (primary N) is 1. The minimum Gasteiger partial charge on any atom is -0.387 e. The van der Waals surface area contributed by atoms with Crippen molar-refractivity contribution >= 4 is 35.8 Å². The Morgan fingerprint density at radius 3 is 2.86 bits per heavy atom. The monoisotopic (exact) mass is 426 g/mol. The molecule has 1 fully saturated rings. The summed E-state index contributed by atoms with van der Waals surface area (Å²) in [4.78, 5) is 17.6. The van der Waals surface area contributed by atoms with E-state index in [1.54, 1.807) is 10.8 Å². The summed E-state index contributed by atoms with van der Waals surface area (Å²) >= 11 is 1.52. The summed E-state index contributed by atoms with van der Waals surface area (Å²) in [5, 5.41) is 25.3. The average Bonchev–Trinajstić information content (AvgIpc) is 3.33. The Morgan fingerprint density at radius 1 is 1.39 bits per heavy atom. The van der Waals surface area contributed by atoms with Gasteiger partial charge in [0.15, 0.2) is 6.23 Å². The van der Waals surface area contributed by atoms with Gasteiger partial charge in [0.1, 0.15) is 36.1 Å². The second-order valence-corrected chi connectivity index (χ2v) is 9.21. The molecule has 1 aliphatic heterocycles. The number of hydrogen-bond acceptors (Lipinski definition) is 9.